The van der Waals surface area contributed by atoms with Crippen LogP contribution >= 0.6 is 0 Å². The Hall–Kier alpha value is -1.52. The van der Waals surface area contributed by atoms with Crippen LogP contribution in [0.25, 0.3) is 0 Å². The van der Waals surface area contributed by atoms with Gasteiger partial charge >= 0.3 is 5.69 Å². The largest absolute Gasteiger partial charge is 0.332 e. The van der Waals surface area contributed by atoms with E-state index in [0.717, 1.165) is 11.4 Å². The SMILES string of the molecule is CC(C)(C)N1Cc2c([nH]c(=O)n2C(C)(C)C)CC1=O. The first-order chi connectivity index (χ1) is 8.51. The Kier molecular flexibility index (Phi) is 2.92. The summed E-state index contributed by atoms with van der Waals surface area (Å²) in [6.45, 7) is 12.5. The van der Waals surface area contributed by atoms with Gasteiger partial charge < -0.3 is 9.88 Å². The highest BCUT2D eigenvalue weighted by Crippen LogP contribution is 2.27. The van der Waals surface area contributed by atoms with Crippen molar-refractivity contribution in [1.29, 1.82) is 0 Å². The molecule has 0 aromatic carbocycles. The molecular formula is C14H23N3O2. The molecular weight excluding hydrogens is 242 g/mol. The van der Waals surface area contributed by atoms with E-state index in [1.165, 1.54) is 0 Å². The number of hydrogen-bond donors (Lipinski definition) is 1. The minimum atomic E-state index is -0.287. The summed E-state index contributed by atoms with van der Waals surface area (Å²) in [4.78, 5) is 28.9. The van der Waals surface area contributed by atoms with Crippen molar-refractivity contribution in [1.82, 2.24) is 14.5 Å². The van der Waals surface area contributed by atoms with E-state index in [1.54, 1.807) is 4.57 Å². The van der Waals surface area contributed by atoms with Gasteiger partial charge in [-0.2, -0.15) is 0 Å². The maximum absolute atomic E-state index is 12.2. The average Bonchev–Trinajstić information content (AvgIpc) is 2.49. The lowest BCUT2D eigenvalue weighted by Crippen LogP contribution is -2.49. The zero-order valence-corrected chi connectivity index (χ0v) is 12.6. The molecule has 1 aliphatic heterocycles. The summed E-state index contributed by atoms with van der Waals surface area (Å²) in [5.74, 6) is 0.0716. The maximum Gasteiger partial charge on any atom is 0.326 e. The molecule has 19 heavy (non-hydrogen) atoms. The van der Waals surface area contributed by atoms with Crippen molar-refractivity contribution >= 4 is 5.91 Å². The summed E-state index contributed by atoms with van der Waals surface area (Å²) >= 11 is 0. The first-order valence-corrected chi connectivity index (χ1v) is 6.65. The van der Waals surface area contributed by atoms with Crippen molar-refractivity contribution in [3.8, 4) is 0 Å². The van der Waals surface area contributed by atoms with E-state index in [4.69, 9.17) is 0 Å². The second-order valence-electron chi connectivity index (χ2n) is 7.19. The highest BCUT2D eigenvalue weighted by molar-refractivity contribution is 5.80. The summed E-state index contributed by atoms with van der Waals surface area (Å²) in [5.41, 5.74) is 1.06. The van der Waals surface area contributed by atoms with Gasteiger partial charge in [-0.15, -0.1) is 0 Å². The van der Waals surface area contributed by atoms with Crippen LogP contribution in [0.15, 0.2) is 4.79 Å². The lowest BCUT2D eigenvalue weighted by atomic mass is 9.99. The van der Waals surface area contributed by atoms with Crippen molar-refractivity contribution in [2.45, 2.75) is 65.6 Å². The number of amides is 1. The molecule has 5 heteroatoms. The summed E-state index contributed by atoms with van der Waals surface area (Å²) < 4.78 is 1.77. The molecule has 0 saturated heterocycles. The topological polar surface area (TPSA) is 58.1 Å². The van der Waals surface area contributed by atoms with Crippen LogP contribution in [-0.2, 0) is 23.3 Å². The number of nitrogens with one attached hydrogen (secondary N) is 1. The summed E-state index contributed by atoms with van der Waals surface area (Å²) in [6.07, 6.45) is 0.283. The molecule has 5 nitrogen and oxygen atoms in total. The van der Waals surface area contributed by atoms with Crippen LogP contribution in [0.5, 0.6) is 0 Å². The zero-order valence-electron chi connectivity index (χ0n) is 12.6. The molecule has 1 amide bonds. The number of nitrogens with zero attached hydrogens (tertiary/aromatic N) is 2. The fourth-order valence-corrected chi connectivity index (χ4v) is 2.63. The lowest BCUT2D eigenvalue weighted by Gasteiger charge is -2.39. The number of H-pyrrole nitrogens is 1. The monoisotopic (exact) mass is 265 g/mol. The molecule has 1 aromatic heterocycles. The van der Waals surface area contributed by atoms with Crippen LogP contribution in [0.3, 0.4) is 0 Å². The maximum atomic E-state index is 12.2. The molecule has 2 heterocycles. The number of aromatic nitrogens is 2. The minimum Gasteiger partial charge on any atom is -0.332 e. The Labute approximate surface area is 113 Å². The average molecular weight is 265 g/mol. The Morgan fingerprint density at radius 3 is 2.05 bits per heavy atom. The Morgan fingerprint density at radius 2 is 1.58 bits per heavy atom. The van der Waals surface area contributed by atoms with Gasteiger partial charge in [-0.05, 0) is 41.5 Å². The predicted molar refractivity (Wildman–Crippen MR) is 74.1 cm³/mol. The van der Waals surface area contributed by atoms with Gasteiger partial charge in [0.1, 0.15) is 0 Å². The smallest absolute Gasteiger partial charge is 0.326 e. The van der Waals surface area contributed by atoms with Gasteiger partial charge in [-0.25, -0.2) is 4.79 Å². The molecule has 0 unspecified atom stereocenters. The van der Waals surface area contributed by atoms with Crippen molar-refractivity contribution in [3.63, 3.8) is 0 Å². The Bertz CT molecular complexity index is 567. The van der Waals surface area contributed by atoms with Crippen LogP contribution in [0.2, 0.25) is 0 Å². The van der Waals surface area contributed by atoms with Gasteiger partial charge in [-0.1, -0.05) is 0 Å². The fourth-order valence-electron chi connectivity index (χ4n) is 2.63. The van der Waals surface area contributed by atoms with Gasteiger partial charge in [0, 0.05) is 11.1 Å². The van der Waals surface area contributed by atoms with E-state index in [2.05, 4.69) is 4.98 Å². The van der Waals surface area contributed by atoms with Gasteiger partial charge in [-0.3, -0.25) is 9.36 Å². The number of carbonyl (C=O) groups is 1. The highest BCUT2D eigenvalue weighted by Gasteiger charge is 2.35. The molecule has 1 aromatic rings. The first-order valence-electron chi connectivity index (χ1n) is 6.65. The third-order valence-electron chi connectivity index (χ3n) is 3.50. The van der Waals surface area contributed by atoms with Crippen molar-refractivity contribution in [3.05, 3.63) is 21.9 Å². The number of hydrogen-bond acceptors (Lipinski definition) is 2. The van der Waals surface area contributed by atoms with Gasteiger partial charge in [0.25, 0.3) is 0 Å². The Morgan fingerprint density at radius 1 is 1.00 bits per heavy atom. The third-order valence-corrected chi connectivity index (χ3v) is 3.50. The molecule has 1 N–H and O–H groups in total. The van der Waals surface area contributed by atoms with E-state index < -0.39 is 0 Å². The molecule has 1 aliphatic rings. The van der Waals surface area contributed by atoms with Crippen molar-refractivity contribution < 1.29 is 4.79 Å². The molecule has 106 valence electrons. The molecule has 0 radical (unpaired) electrons. The predicted octanol–water partition coefficient (Wildman–Crippen LogP) is 1.61. The quantitative estimate of drug-likeness (QED) is 0.775. The van der Waals surface area contributed by atoms with Crippen LogP contribution in [-0.4, -0.2) is 25.9 Å². The fraction of sp³-hybridized carbons (Fsp3) is 0.714. The number of fused-ring (bicyclic) bond motifs is 1. The molecule has 2 rings (SSSR count). The minimum absolute atomic E-state index is 0.0716. The van der Waals surface area contributed by atoms with E-state index in [-0.39, 0.29) is 29.1 Å². The van der Waals surface area contributed by atoms with Crippen LogP contribution in [0, 0.1) is 0 Å². The number of rotatable bonds is 0. The van der Waals surface area contributed by atoms with Gasteiger partial charge in [0.15, 0.2) is 0 Å². The lowest BCUT2D eigenvalue weighted by molar-refractivity contribution is -0.137. The van der Waals surface area contributed by atoms with E-state index in [9.17, 15) is 9.59 Å². The standard InChI is InChI=1S/C14H23N3O2/c1-13(2,3)16-8-10-9(7-11(16)18)15-12(19)17(10)14(4,5)6/h7-8H2,1-6H3,(H,15,19). The van der Waals surface area contributed by atoms with Gasteiger partial charge in [0.2, 0.25) is 5.91 Å². The molecule has 0 bridgehead atoms. The van der Waals surface area contributed by atoms with Crippen LogP contribution in [0.4, 0.5) is 0 Å². The van der Waals surface area contributed by atoms with Crippen LogP contribution in [0.1, 0.15) is 52.9 Å². The van der Waals surface area contributed by atoms with Crippen molar-refractivity contribution in [2.24, 2.45) is 0 Å². The van der Waals surface area contributed by atoms with Crippen LogP contribution < -0.4 is 5.69 Å². The highest BCUT2D eigenvalue weighted by atomic mass is 16.2. The molecule has 0 fully saturated rings. The first kappa shape index (κ1) is 13.9. The summed E-state index contributed by atoms with van der Waals surface area (Å²) in [7, 11) is 0. The van der Waals surface area contributed by atoms with E-state index in [0.29, 0.717) is 6.54 Å². The van der Waals surface area contributed by atoms with E-state index in [1.807, 2.05) is 46.4 Å². The Balaban J connectivity index is 2.54. The molecule has 0 saturated carbocycles. The zero-order chi connectivity index (χ0) is 14.6. The van der Waals surface area contributed by atoms with Gasteiger partial charge in [0.05, 0.1) is 24.4 Å². The third kappa shape index (κ3) is 2.33. The molecule has 0 aliphatic carbocycles. The normalized spacial score (nSPS) is 16.7. The summed E-state index contributed by atoms with van der Waals surface area (Å²) in [5, 5.41) is 0. The number of carbonyl (C=O) groups excluding carboxylic acids is 1. The summed E-state index contributed by atoms with van der Waals surface area (Å²) in [6, 6.07) is 0. The second kappa shape index (κ2) is 3.99. The molecule has 0 atom stereocenters. The number of aromatic amines is 1. The molecule has 0 spiro atoms. The number of imidazole rings is 1. The van der Waals surface area contributed by atoms with Crippen molar-refractivity contribution in [2.75, 3.05) is 0 Å². The van der Waals surface area contributed by atoms with E-state index >= 15 is 0 Å². The second-order valence-corrected chi connectivity index (χ2v) is 7.19.